The highest BCUT2D eigenvalue weighted by Crippen LogP contribution is 2.55. The molecule has 0 atom stereocenters. The number of thiophene rings is 2. The van der Waals surface area contributed by atoms with Crippen LogP contribution in [0, 0.1) is 17.9 Å². The van der Waals surface area contributed by atoms with Crippen LogP contribution in [0.2, 0.25) is 0 Å². The number of hydrogen-bond acceptors (Lipinski definition) is 4. The van der Waals surface area contributed by atoms with Crippen molar-refractivity contribution < 1.29 is 4.42 Å². The third-order valence-corrected chi connectivity index (χ3v) is 19.0. The molecule has 0 radical (unpaired) electrons. The normalized spacial score (nSPS) is 11.9. The molecule has 7 heteroatoms. The predicted molar refractivity (Wildman–Crippen MR) is 341 cm³/mol. The zero-order valence-electron chi connectivity index (χ0n) is 43.1. The molecule has 0 amide bonds. The van der Waals surface area contributed by atoms with E-state index in [2.05, 4.69) is 214 Å². The monoisotopic (exact) mass is 1060 g/mol. The molecular formula is C74H40N4OS2. The zero-order chi connectivity index (χ0) is 53.4. The maximum atomic E-state index is 12.4. The van der Waals surface area contributed by atoms with Crippen LogP contribution in [-0.4, -0.2) is 9.13 Å². The van der Waals surface area contributed by atoms with E-state index in [1.54, 1.807) is 22.7 Å². The number of fused-ring (bicyclic) bond motifs is 17. The molecule has 0 aliphatic carbocycles. The van der Waals surface area contributed by atoms with Gasteiger partial charge in [0.25, 0.3) is 0 Å². The Hall–Kier alpha value is -10.5. The van der Waals surface area contributed by atoms with Gasteiger partial charge in [-0.2, -0.15) is 5.26 Å². The van der Waals surface area contributed by atoms with E-state index in [-0.39, 0.29) is 0 Å². The molecule has 0 unspecified atom stereocenters. The Kier molecular flexibility index (Phi) is 9.82. The average molecular weight is 1070 g/mol. The minimum atomic E-state index is 0.395. The van der Waals surface area contributed by atoms with Gasteiger partial charge in [0.1, 0.15) is 17.2 Å². The SMILES string of the molecule is [C-]#[N+]c1c(-c2ccccc2)c(C#N)c(-n2c3c(ccc4c5ccccc5sc43)c3ccc4c(sc5cccc(-c6ccccc6)c54)c32)c(-c2ccccc2)c1-n1c2ccccc2c2ccc(-c3ccc4oc5ccccc5c4c3)cc21. The van der Waals surface area contributed by atoms with Crippen molar-refractivity contribution in [1.29, 1.82) is 5.26 Å². The summed E-state index contributed by atoms with van der Waals surface area (Å²) in [6, 6.07) is 88.6. The highest BCUT2D eigenvalue weighted by molar-refractivity contribution is 7.27. The fourth-order valence-corrected chi connectivity index (χ4v) is 15.7. The topological polar surface area (TPSA) is 51.1 Å². The molecule has 0 saturated carbocycles. The summed E-state index contributed by atoms with van der Waals surface area (Å²) in [5.41, 5.74) is 15.3. The summed E-state index contributed by atoms with van der Waals surface area (Å²) in [6.45, 7) is 9.56. The van der Waals surface area contributed by atoms with Crippen molar-refractivity contribution in [3.05, 3.63) is 260 Å². The lowest BCUT2D eigenvalue weighted by molar-refractivity contribution is 0.669. The number of nitrogens with zero attached hydrogens (tertiary/aromatic N) is 4. The summed E-state index contributed by atoms with van der Waals surface area (Å²) in [5, 5.41) is 23.5. The van der Waals surface area contributed by atoms with Crippen molar-refractivity contribution in [2.24, 2.45) is 0 Å². The third kappa shape index (κ3) is 6.50. The van der Waals surface area contributed by atoms with Gasteiger partial charge in [-0.05, 0) is 75.8 Å². The molecule has 0 saturated heterocycles. The number of aromatic nitrogens is 2. The van der Waals surface area contributed by atoms with Crippen LogP contribution in [0.4, 0.5) is 5.69 Å². The number of furan rings is 1. The summed E-state index contributed by atoms with van der Waals surface area (Å²) < 4.78 is 15.7. The van der Waals surface area contributed by atoms with Crippen molar-refractivity contribution in [1.82, 2.24) is 9.13 Å². The Morgan fingerprint density at radius 1 is 0.395 bits per heavy atom. The van der Waals surface area contributed by atoms with Gasteiger partial charge in [0, 0.05) is 74.4 Å². The van der Waals surface area contributed by atoms with E-state index in [4.69, 9.17) is 4.42 Å². The van der Waals surface area contributed by atoms with Gasteiger partial charge in [0.05, 0.1) is 55.0 Å². The van der Waals surface area contributed by atoms with E-state index >= 15 is 0 Å². The van der Waals surface area contributed by atoms with E-state index in [0.29, 0.717) is 22.5 Å². The van der Waals surface area contributed by atoms with Crippen LogP contribution < -0.4 is 0 Å². The summed E-state index contributed by atoms with van der Waals surface area (Å²) in [5.74, 6) is 0. The van der Waals surface area contributed by atoms with Gasteiger partial charge in [-0.25, -0.2) is 4.85 Å². The zero-order valence-corrected chi connectivity index (χ0v) is 44.7. The molecule has 17 aromatic rings. The van der Waals surface area contributed by atoms with E-state index in [0.717, 1.165) is 125 Å². The van der Waals surface area contributed by atoms with Crippen molar-refractivity contribution >= 4 is 134 Å². The Morgan fingerprint density at radius 3 is 1.70 bits per heavy atom. The molecule has 17 rings (SSSR count). The third-order valence-electron chi connectivity index (χ3n) is 16.6. The smallest absolute Gasteiger partial charge is 0.220 e. The maximum absolute atomic E-state index is 12.4. The first kappa shape index (κ1) is 45.5. The minimum absolute atomic E-state index is 0.395. The summed E-state index contributed by atoms with van der Waals surface area (Å²) in [4.78, 5) is 4.65. The first-order valence-corrected chi connectivity index (χ1v) is 28.6. The molecule has 0 bridgehead atoms. The lowest BCUT2D eigenvalue weighted by atomic mass is 9.88. The largest absolute Gasteiger partial charge is 0.456 e. The summed E-state index contributed by atoms with van der Waals surface area (Å²) in [6.07, 6.45) is 0. The van der Waals surface area contributed by atoms with Crippen molar-refractivity contribution in [2.75, 3.05) is 0 Å². The number of hydrogen-bond donors (Lipinski definition) is 0. The van der Waals surface area contributed by atoms with Crippen LogP contribution in [0.3, 0.4) is 0 Å². The van der Waals surface area contributed by atoms with Crippen LogP contribution in [0.5, 0.6) is 0 Å². The lowest BCUT2D eigenvalue weighted by Gasteiger charge is -2.26. The molecule has 374 valence electrons. The number of benzene rings is 12. The quantitative estimate of drug-likeness (QED) is 0.156. The average Bonchev–Trinajstić information content (AvgIpc) is 4.12. The number of para-hydroxylation sites is 2. The van der Waals surface area contributed by atoms with E-state index in [1.807, 2.05) is 48.5 Å². The van der Waals surface area contributed by atoms with Crippen LogP contribution >= 0.6 is 22.7 Å². The molecule has 5 aromatic heterocycles. The molecule has 0 N–H and O–H groups in total. The highest BCUT2D eigenvalue weighted by atomic mass is 32.1. The fourth-order valence-electron chi connectivity index (χ4n) is 13.2. The second kappa shape index (κ2) is 17.5. The van der Waals surface area contributed by atoms with E-state index < -0.39 is 0 Å². The van der Waals surface area contributed by atoms with Gasteiger partial charge < -0.3 is 13.6 Å². The van der Waals surface area contributed by atoms with Gasteiger partial charge in [-0.1, -0.05) is 200 Å². The summed E-state index contributed by atoms with van der Waals surface area (Å²) in [7, 11) is 0. The second-order valence-electron chi connectivity index (χ2n) is 20.8. The molecule has 0 fully saturated rings. The van der Waals surface area contributed by atoms with Gasteiger partial charge in [-0.15, -0.1) is 22.7 Å². The van der Waals surface area contributed by atoms with Gasteiger partial charge in [-0.3, -0.25) is 0 Å². The Morgan fingerprint density at radius 2 is 0.951 bits per heavy atom. The highest BCUT2D eigenvalue weighted by Gasteiger charge is 2.33. The van der Waals surface area contributed by atoms with E-state index in [1.165, 1.54) is 25.7 Å². The molecular weight excluding hydrogens is 1020 g/mol. The van der Waals surface area contributed by atoms with Gasteiger partial charge in [0.2, 0.25) is 5.69 Å². The molecule has 5 nitrogen and oxygen atoms in total. The molecule has 0 aliphatic heterocycles. The molecule has 5 heterocycles. The van der Waals surface area contributed by atoms with E-state index in [9.17, 15) is 11.8 Å². The van der Waals surface area contributed by atoms with Crippen LogP contribution in [0.1, 0.15) is 5.56 Å². The summed E-state index contributed by atoms with van der Waals surface area (Å²) >= 11 is 3.60. The first-order chi connectivity index (χ1) is 40.1. The minimum Gasteiger partial charge on any atom is -0.456 e. The Labute approximate surface area is 471 Å². The second-order valence-corrected chi connectivity index (χ2v) is 22.9. The Bertz CT molecular complexity index is 5610. The molecule has 0 aliphatic rings. The fraction of sp³-hybridized carbons (Fsp3) is 0. The van der Waals surface area contributed by atoms with Crippen LogP contribution in [-0.2, 0) is 0 Å². The molecule has 0 spiro atoms. The first-order valence-electron chi connectivity index (χ1n) is 27.0. The maximum Gasteiger partial charge on any atom is 0.220 e. The van der Waals surface area contributed by atoms with Crippen LogP contribution in [0.15, 0.2) is 247 Å². The Balaban J connectivity index is 1.10. The van der Waals surface area contributed by atoms with Gasteiger partial charge in [0.15, 0.2) is 0 Å². The molecule has 12 aromatic carbocycles. The lowest BCUT2D eigenvalue weighted by Crippen LogP contribution is -2.09. The van der Waals surface area contributed by atoms with Crippen LogP contribution in [0.25, 0.3) is 167 Å². The predicted octanol–water partition coefficient (Wildman–Crippen LogP) is 21.6. The molecule has 81 heavy (non-hydrogen) atoms. The number of rotatable bonds is 6. The number of nitriles is 1. The van der Waals surface area contributed by atoms with Gasteiger partial charge >= 0.3 is 0 Å². The van der Waals surface area contributed by atoms with Crippen molar-refractivity contribution in [3.63, 3.8) is 0 Å². The van der Waals surface area contributed by atoms with Crippen molar-refractivity contribution in [2.45, 2.75) is 0 Å². The van der Waals surface area contributed by atoms with Crippen molar-refractivity contribution in [3.8, 4) is 62.0 Å². The standard InChI is InChI=1S/C74H40N4OS2/c1-76-68-65(44-20-7-3-8-21-44)58(42-75)69(78-70-53(35-37-55-52-26-13-16-30-63(52)80-73(55)70)54-36-38-56-67-48(43-18-5-2-6-19-43)27-17-31-64(67)81-74(56)71(54)78)66(45-22-9-4-10-23-45)72(68)77-59-28-14-11-24-49(59)50-34-32-47(41-60(50)77)46-33-39-62-57(40-46)51-25-12-15-29-61(51)79-62/h2-41H.